The standard InChI is InChI=1S/C18H24N4O2S2/c1-3-5-7-13-8-10-14(11-9-13)19-16(24)12-25-18-22-21-17(26-18)20-15(23)6-4-2/h8-11H,3-7,12H2,1-2H3,(H,19,24)(H,20,21,23). The molecule has 1 aromatic heterocycles. The minimum absolute atomic E-state index is 0.0691. The number of carbonyl (C=O) groups excluding carboxylic acids is 2. The molecule has 6 nitrogen and oxygen atoms in total. The van der Waals surface area contributed by atoms with Gasteiger partial charge < -0.3 is 10.6 Å². The average Bonchev–Trinajstić information content (AvgIpc) is 3.07. The van der Waals surface area contributed by atoms with Crippen molar-refractivity contribution in [1.29, 1.82) is 0 Å². The molecule has 0 saturated heterocycles. The zero-order valence-corrected chi connectivity index (χ0v) is 16.7. The smallest absolute Gasteiger partial charge is 0.234 e. The number of anilines is 2. The van der Waals surface area contributed by atoms with Gasteiger partial charge >= 0.3 is 0 Å². The highest BCUT2D eigenvalue weighted by Gasteiger charge is 2.10. The predicted molar refractivity (Wildman–Crippen MR) is 108 cm³/mol. The number of unbranched alkanes of at least 4 members (excludes halogenated alkanes) is 1. The molecule has 0 spiro atoms. The van der Waals surface area contributed by atoms with E-state index in [1.165, 1.54) is 41.5 Å². The maximum Gasteiger partial charge on any atom is 0.234 e. The topological polar surface area (TPSA) is 84.0 Å². The predicted octanol–water partition coefficient (Wildman–Crippen LogP) is 4.35. The van der Waals surface area contributed by atoms with E-state index in [0.717, 1.165) is 18.5 Å². The molecule has 2 amide bonds. The van der Waals surface area contributed by atoms with Gasteiger partial charge in [0.15, 0.2) is 4.34 Å². The van der Waals surface area contributed by atoms with Gasteiger partial charge in [0.1, 0.15) is 0 Å². The number of nitrogens with one attached hydrogen (secondary N) is 2. The lowest BCUT2D eigenvalue weighted by Crippen LogP contribution is -2.13. The van der Waals surface area contributed by atoms with Gasteiger partial charge in [-0.2, -0.15) is 0 Å². The van der Waals surface area contributed by atoms with Crippen LogP contribution in [0.2, 0.25) is 0 Å². The van der Waals surface area contributed by atoms with E-state index < -0.39 is 0 Å². The van der Waals surface area contributed by atoms with Gasteiger partial charge in [-0.25, -0.2) is 0 Å². The zero-order valence-electron chi connectivity index (χ0n) is 15.1. The lowest BCUT2D eigenvalue weighted by Gasteiger charge is -2.05. The van der Waals surface area contributed by atoms with E-state index >= 15 is 0 Å². The van der Waals surface area contributed by atoms with Crippen LogP contribution in [0.3, 0.4) is 0 Å². The lowest BCUT2D eigenvalue weighted by atomic mass is 10.1. The van der Waals surface area contributed by atoms with Gasteiger partial charge in [0.25, 0.3) is 0 Å². The van der Waals surface area contributed by atoms with Gasteiger partial charge in [-0.1, -0.05) is 55.5 Å². The zero-order chi connectivity index (χ0) is 18.8. The van der Waals surface area contributed by atoms with Crippen LogP contribution in [0.15, 0.2) is 28.6 Å². The molecule has 2 N–H and O–H groups in total. The molecule has 0 atom stereocenters. The second-order valence-corrected chi connectivity index (χ2v) is 8.01. The fourth-order valence-corrected chi connectivity index (χ4v) is 3.76. The molecule has 0 aliphatic rings. The Morgan fingerprint density at radius 3 is 2.50 bits per heavy atom. The van der Waals surface area contributed by atoms with Crippen LogP contribution in [0.5, 0.6) is 0 Å². The maximum absolute atomic E-state index is 12.1. The molecule has 26 heavy (non-hydrogen) atoms. The molecule has 2 rings (SSSR count). The minimum Gasteiger partial charge on any atom is -0.325 e. The Kier molecular flexibility index (Phi) is 8.57. The number of nitrogens with zero attached hydrogens (tertiary/aromatic N) is 2. The number of rotatable bonds is 10. The number of aromatic nitrogens is 2. The number of aryl methyl sites for hydroxylation is 1. The summed E-state index contributed by atoms with van der Waals surface area (Å²) in [5, 5.41) is 14.0. The third kappa shape index (κ3) is 7.13. The molecule has 0 radical (unpaired) electrons. The first kappa shape index (κ1) is 20.4. The van der Waals surface area contributed by atoms with Crippen molar-refractivity contribution in [3.05, 3.63) is 29.8 Å². The van der Waals surface area contributed by atoms with E-state index in [1.54, 1.807) is 0 Å². The van der Waals surface area contributed by atoms with E-state index in [4.69, 9.17) is 0 Å². The summed E-state index contributed by atoms with van der Waals surface area (Å²) in [6.45, 7) is 4.12. The Morgan fingerprint density at radius 1 is 1.04 bits per heavy atom. The number of hydrogen-bond donors (Lipinski definition) is 2. The Balaban J connectivity index is 1.76. The molecule has 2 aromatic rings. The van der Waals surface area contributed by atoms with Gasteiger partial charge in [0, 0.05) is 12.1 Å². The molecule has 0 bridgehead atoms. The van der Waals surface area contributed by atoms with E-state index in [1.807, 2.05) is 19.1 Å². The highest BCUT2D eigenvalue weighted by atomic mass is 32.2. The van der Waals surface area contributed by atoms with Crippen LogP contribution in [0.4, 0.5) is 10.8 Å². The fourth-order valence-electron chi connectivity index (χ4n) is 2.19. The van der Waals surface area contributed by atoms with E-state index in [-0.39, 0.29) is 17.6 Å². The number of benzene rings is 1. The van der Waals surface area contributed by atoms with Crippen molar-refractivity contribution in [2.75, 3.05) is 16.4 Å². The summed E-state index contributed by atoms with van der Waals surface area (Å²) in [6.07, 6.45) is 4.65. The monoisotopic (exact) mass is 392 g/mol. The van der Waals surface area contributed by atoms with Crippen LogP contribution in [-0.4, -0.2) is 27.8 Å². The quantitative estimate of drug-likeness (QED) is 0.464. The third-order valence-electron chi connectivity index (χ3n) is 3.51. The van der Waals surface area contributed by atoms with E-state index in [0.29, 0.717) is 15.9 Å². The van der Waals surface area contributed by atoms with Crippen molar-refractivity contribution in [3.63, 3.8) is 0 Å². The van der Waals surface area contributed by atoms with Gasteiger partial charge in [0.05, 0.1) is 5.75 Å². The number of carbonyl (C=O) groups is 2. The first-order valence-corrected chi connectivity index (χ1v) is 10.6. The number of thioether (sulfide) groups is 1. The normalized spacial score (nSPS) is 10.5. The third-order valence-corrected chi connectivity index (χ3v) is 5.49. The molecular weight excluding hydrogens is 368 g/mol. The van der Waals surface area contributed by atoms with Crippen molar-refractivity contribution in [2.24, 2.45) is 0 Å². The molecule has 1 aromatic carbocycles. The van der Waals surface area contributed by atoms with Crippen molar-refractivity contribution >= 4 is 45.7 Å². The van der Waals surface area contributed by atoms with Crippen molar-refractivity contribution in [1.82, 2.24) is 10.2 Å². The molecule has 0 unspecified atom stereocenters. The van der Waals surface area contributed by atoms with Crippen molar-refractivity contribution < 1.29 is 9.59 Å². The summed E-state index contributed by atoms with van der Waals surface area (Å²) >= 11 is 2.58. The molecule has 1 heterocycles. The van der Waals surface area contributed by atoms with Crippen molar-refractivity contribution in [2.45, 2.75) is 50.3 Å². The van der Waals surface area contributed by atoms with Crippen LogP contribution in [0, 0.1) is 0 Å². The van der Waals surface area contributed by atoms with E-state index in [2.05, 4.69) is 39.9 Å². The molecular formula is C18H24N4O2S2. The van der Waals surface area contributed by atoms with Gasteiger partial charge in [0.2, 0.25) is 16.9 Å². The van der Waals surface area contributed by atoms with Gasteiger partial charge in [-0.15, -0.1) is 10.2 Å². The molecule has 0 aliphatic heterocycles. The van der Waals surface area contributed by atoms with Crippen LogP contribution in [0.25, 0.3) is 0 Å². The Hall–Kier alpha value is -1.93. The SMILES string of the molecule is CCCCc1ccc(NC(=O)CSc2nnc(NC(=O)CCC)s2)cc1. The highest BCUT2D eigenvalue weighted by molar-refractivity contribution is 8.01. The summed E-state index contributed by atoms with van der Waals surface area (Å²) in [4.78, 5) is 23.6. The fraction of sp³-hybridized carbons (Fsp3) is 0.444. The molecule has 140 valence electrons. The van der Waals surface area contributed by atoms with Gasteiger partial charge in [-0.05, 0) is 37.0 Å². The van der Waals surface area contributed by atoms with Crippen molar-refractivity contribution in [3.8, 4) is 0 Å². The maximum atomic E-state index is 12.1. The molecule has 0 saturated carbocycles. The number of hydrogen-bond acceptors (Lipinski definition) is 6. The summed E-state index contributed by atoms with van der Waals surface area (Å²) in [5.41, 5.74) is 2.08. The number of amides is 2. The van der Waals surface area contributed by atoms with Crippen LogP contribution in [-0.2, 0) is 16.0 Å². The largest absolute Gasteiger partial charge is 0.325 e. The lowest BCUT2D eigenvalue weighted by molar-refractivity contribution is -0.116. The second kappa shape index (κ2) is 10.9. The second-order valence-electron chi connectivity index (χ2n) is 5.81. The Bertz CT molecular complexity index is 716. The first-order chi connectivity index (χ1) is 12.6. The molecule has 0 aliphatic carbocycles. The van der Waals surface area contributed by atoms with Crippen LogP contribution in [0.1, 0.15) is 45.1 Å². The summed E-state index contributed by atoms with van der Waals surface area (Å²) < 4.78 is 0.655. The summed E-state index contributed by atoms with van der Waals surface area (Å²) in [6, 6.07) is 7.96. The molecule has 8 heteroatoms. The van der Waals surface area contributed by atoms with E-state index in [9.17, 15) is 9.59 Å². The Morgan fingerprint density at radius 2 is 1.81 bits per heavy atom. The summed E-state index contributed by atoms with van der Waals surface area (Å²) in [7, 11) is 0. The molecule has 0 fully saturated rings. The first-order valence-electron chi connectivity index (χ1n) is 8.75. The minimum atomic E-state index is -0.0944. The highest BCUT2D eigenvalue weighted by Crippen LogP contribution is 2.25. The Labute approximate surface area is 162 Å². The van der Waals surface area contributed by atoms with Crippen LogP contribution >= 0.6 is 23.1 Å². The summed E-state index contributed by atoms with van der Waals surface area (Å²) in [5.74, 6) is 0.0816. The van der Waals surface area contributed by atoms with Gasteiger partial charge in [-0.3, -0.25) is 9.59 Å². The average molecular weight is 393 g/mol. The van der Waals surface area contributed by atoms with Crippen LogP contribution < -0.4 is 10.6 Å².